The topological polar surface area (TPSA) is 46.3 Å². The molecule has 2 N–H and O–H groups in total. The molecule has 3 heteroatoms. The van der Waals surface area contributed by atoms with E-state index in [1.165, 1.54) is 6.42 Å². The summed E-state index contributed by atoms with van der Waals surface area (Å²) in [6, 6.07) is 9.51. The molecule has 1 amide bonds. The molecule has 1 aliphatic carbocycles. The lowest BCUT2D eigenvalue weighted by Gasteiger charge is -2.21. The van der Waals surface area contributed by atoms with Crippen molar-refractivity contribution in [3.05, 3.63) is 35.9 Å². The molecule has 18 heavy (non-hydrogen) atoms. The van der Waals surface area contributed by atoms with Gasteiger partial charge in [-0.3, -0.25) is 4.79 Å². The average Bonchev–Trinajstić information content (AvgIpc) is 3.05. The predicted octanol–water partition coefficient (Wildman–Crippen LogP) is 1.67. The van der Waals surface area contributed by atoms with Gasteiger partial charge in [-0.15, -0.1) is 0 Å². The van der Waals surface area contributed by atoms with E-state index in [-0.39, 0.29) is 5.91 Å². The zero-order valence-corrected chi connectivity index (χ0v) is 11.2. The van der Waals surface area contributed by atoms with Gasteiger partial charge in [-0.05, 0) is 30.2 Å². The van der Waals surface area contributed by atoms with E-state index in [1.54, 1.807) is 4.90 Å². The number of amides is 1. The Morgan fingerprint density at radius 2 is 2.06 bits per heavy atom. The predicted molar refractivity (Wildman–Crippen MR) is 73.0 cm³/mol. The van der Waals surface area contributed by atoms with Gasteiger partial charge in [-0.25, -0.2) is 0 Å². The monoisotopic (exact) mass is 246 g/mol. The second kappa shape index (κ2) is 5.53. The van der Waals surface area contributed by atoms with Gasteiger partial charge in [0, 0.05) is 13.6 Å². The summed E-state index contributed by atoms with van der Waals surface area (Å²) in [5.41, 5.74) is 7.11. The molecule has 3 atom stereocenters. The average molecular weight is 246 g/mol. The molecule has 1 aromatic rings. The highest BCUT2D eigenvalue weighted by Gasteiger charge is 2.34. The maximum atomic E-state index is 12.1. The molecular weight excluding hydrogens is 224 g/mol. The normalized spacial score (nSPS) is 23.5. The van der Waals surface area contributed by atoms with Crippen molar-refractivity contribution in [3.8, 4) is 0 Å². The fourth-order valence-corrected chi connectivity index (χ4v) is 2.33. The zero-order chi connectivity index (χ0) is 13.1. The zero-order valence-electron chi connectivity index (χ0n) is 11.2. The third kappa shape index (κ3) is 3.33. The number of carbonyl (C=O) groups excluding carboxylic acids is 1. The van der Waals surface area contributed by atoms with Crippen LogP contribution in [0.1, 0.15) is 18.9 Å². The van der Waals surface area contributed by atoms with E-state index in [9.17, 15) is 4.79 Å². The van der Waals surface area contributed by atoms with Gasteiger partial charge in [-0.2, -0.15) is 0 Å². The van der Waals surface area contributed by atoms with Crippen LogP contribution in [-0.2, 0) is 11.2 Å². The molecule has 1 aliphatic rings. The van der Waals surface area contributed by atoms with Crippen molar-refractivity contribution >= 4 is 5.91 Å². The molecule has 0 heterocycles. The summed E-state index contributed by atoms with van der Waals surface area (Å²) in [5, 5.41) is 0. The molecule has 0 saturated heterocycles. The van der Waals surface area contributed by atoms with Crippen LogP contribution in [0.2, 0.25) is 0 Å². The van der Waals surface area contributed by atoms with Crippen molar-refractivity contribution < 1.29 is 4.79 Å². The van der Waals surface area contributed by atoms with E-state index in [1.807, 2.05) is 37.4 Å². The quantitative estimate of drug-likeness (QED) is 0.859. The Hall–Kier alpha value is -1.35. The van der Waals surface area contributed by atoms with Crippen LogP contribution in [-0.4, -0.2) is 30.4 Å². The summed E-state index contributed by atoms with van der Waals surface area (Å²) in [6.07, 6.45) is 1.86. The SMILES string of the molecule is CC1CC1CN(C)C(=O)[C@H](N)Cc1ccccc1. The summed E-state index contributed by atoms with van der Waals surface area (Å²) in [7, 11) is 1.86. The minimum atomic E-state index is -0.425. The Balaban J connectivity index is 1.84. The molecule has 1 fully saturated rings. The standard InChI is InChI=1S/C15H22N2O/c1-11-8-13(11)10-17(2)15(18)14(16)9-12-6-4-3-5-7-12/h3-7,11,13-14H,8-10,16H2,1-2H3/t11?,13?,14-/m1/s1. The fraction of sp³-hybridized carbons (Fsp3) is 0.533. The number of benzene rings is 1. The van der Waals surface area contributed by atoms with Gasteiger partial charge >= 0.3 is 0 Å². The van der Waals surface area contributed by atoms with E-state index in [2.05, 4.69) is 6.92 Å². The third-order valence-electron chi connectivity index (χ3n) is 3.78. The molecule has 0 aliphatic heterocycles. The lowest BCUT2D eigenvalue weighted by atomic mass is 10.1. The minimum absolute atomic E-state index is 0.0537. The molecule has 0 bridgehead atoms. The molecule has 1 saturated carbocycles. The van der Waals surface area contributed by atoms with Crippen molar-refractivity contribution in [2.24, 2.45) is 17.6 Å². The van der Waals surface area contributed by atoms with Crippen molar-refractivity contribution in [2.75, 3.05) is 13.6 Å². The second-order valence-electron chi connectivity index (χ2n) is 5.49. The molecule has 2 rings (SSSR count). The maximum absolute atomic E-state index is 12.1. The third-order valence-corrected chi connectivity index (χ3v) is 3.78. The first kappa shape index (κ1) is 13.1. The van der Waals surface area contributed by atoms with Crippen molar-refractivity contribution in [1.82, 2.24) is 4.90 Å². The molecule has 3 nitrogen and oxygen atoms in total. The van der Waals surface area contributed by atoms with Crippen molar-refractivity contribution in [3.63, 3.8) is 0 Å². The molecular formula is C15H22N2O. The molecule has 1 aromatic carbocycles. The molecule has 0 radical (unpaired) electrons. The van der Waals surface area contributed by atoms with Crippen LogP contribution in [0.4, 0.5) is 0 Å². The van der Waals surface area contributed by atoms with E-state index < -0.39 is 6.04 Å². The van der Waals surface area contributed by atoms with Crippen LogP contribution in [0.15, 0.2) is 30.3 Å². The number of hydrogen-bond donors (Lipinski definition) is 1. The number of carbonyl (C=O) groups is 1. The second-order valence-corrected chi connectivity index (χ2v) is 5.49. The van der Waals surface area contributed by atoms with Gasteiger partial charge in [0.25, 0.3) is 0 Å². The largest absolute Gasteiger partial charge is 0.344 e. The molecule has 0 spiro atoms. The van der Waals surface area contributed by atoms with Gasteiger partial charge < -0.3 is 10.6 Å². The van der Waals surface area contributed by atoms with Crippen molar-refractivity contribution in [2.45, 2.75) is 25.8 Å². The van der Waals surface area contributed by atoms with E-state index in [4.69, 9.17) is 5.73 Å². The van der Waals surface area contributed by atoms with Gasteiger partial charge in [0.15, 0.2) is 0 Å². The highest BCUT2D eigenvalue weighted by molar-refractivity contribution is 5.81. The van der Waals surface area contributed by atoms with Gasteiger partial charge in [0.05, 0.1) is 6.04 Å². The number of nitrogens with zero attached hydrogens (tertiary/aromatic N) is 1. The summed E-state index contributed by atoms with van der Waals surface area (Å²) in [4.78, 5) is 13.9. The van der Waals surface area contributed by atoms with Gasteiger partial charge in [0.1, 0.15) is 0 Å². The van der Waals surface area contributed by atoms with Crippen LogP contribution in [0.3, 0.4) is 0 Å². The summed E-state index contributed by atoms with van der Waals surface area (Å²) in [5.74, 6) is 1.51. The van der Waals surface area contributed by atoms with Crippen LogP contribution in [0.25, 0.3) is 0 Å². The van der Waals surface area contributed by atoms with E-state index >= 15 is 0 Å². The number of hydrogen-bond acceptors (Lipinski definition) is 2. The van der Waals surface area contributed by atoms with Crippen LogP contribution in [0, 0.1) is 11.8 Å². The Labute approximate surface area is 109 Å². The maximum Gasteiger partial charge on any atom is 0.239 e. The lowest BCUT2D eigenvalue weighted by Crippen LogP contribution is -2.43. The number of nitrogens with two attached hydrogens (primary N) is 1. The highest BCUT2D eigenvalue weighted by atomic mass is 16.2. The summed E-state index contributed by atoms with van der Waals surface area (Å²) < 4.78 is 0. The Bertz CT molecular complexity index is 404. The van der Waals surface area contributed by atoms with E-state index in [0.717, 1.165) is 18.0 Å². The van der Waals surface area contributed by atoms with Crippen LogP contribution in [0.5, 0.6) is 0 Å². The minimum Gasteiger partial charge on any atom is -0.344 e. The van der Waals surface area contributed by atoms with Gasteiger partial charge in [0.2, 0.25) is 5.91 Å². The van der Waals surface area contributed by atoms with Crippen LogP contribution >= 0.6 is 0 Å². The first-order valence-electron chi connectivity index (χ1n) is 6.62. The highest BCUT2D eigenvalue weighted by Crippen LogP contribution is 2.37. The molecule has 0 aromatic heterocycles. The van der Waals surface area contributed by atoms with Gasteiger partial charge in [-0.1, -0.05) is 37.3 Å². The van der Waals surface area contributed by atoms with E-state index in [0.29, 0.717) is 12.3 Å². The fourth-order valence-electron chi connectivity index (χ4n) is 2.33. The summed E-state index contributed by atoms with van der Waals surface area (Å²) >= 11 is 0. The Morgan fingerprint density at radius 3 is 2.61 bits per heavy atom. The first-order chi connectivity index (χ1) is 8.58. The Kier molecular flexibility index (Phi) is 4.02. The van der Waals surface area contributed by atoms with Crippen molar-refractivity contribution in [1.29, 1.82) is 0 Å². The first-order valence-corrected chi connectivity index (χ1v) is 6.62. The number of likely N-dealkylation sites (N-methyl/N-ethyl adjacent to an activating group) is 1. The molecule has 2 unspecified atom stereocenters. The smallest absolute Gasteiger partial charge is 0.239 e. The summed E-state index contributed by atoms with van der Waals surface area (Å²) in [6.45, 7) is 3.08. The van der Waals surface area contributed by atoms with Crippen LogP contribution < -0.4 is 5.73 Å². The molecule has 98 valence electrons. The number of rotatable bonds is 5. The lowest BCUT2D eigenvalue weighted by molar-refractivity contribution is -0.131. The Morgan fingerprint density at radius 1 is 1.44 bits per heavy atom.